The lowest BCUT2D eigenvalue weighted by molar-refractivity contribution is 0.669. The van der Waals surface area contributed by atoms with Gasteiger partial charge in [0.1, 0.15) is 11.2 Å². The molecule has 2 heteroatoms. The van der Waals surface area contributed by atoms with Crippen LogP contribution in [0.2, 0.25) is 0 Å². The smallest absolute Gasteiger partial charge is 0.135 e. The maximum Gasteiger partial charge on any atom is 0.135 e. The Hall–Kier alpha value is -5.86. The average Bonchev–Trinajstić information content (AvgIpc) is 3.47. The summed E-state index contributed by atoms with van der Waals surface area (Å²) in [6.07, 6.45) is 0. The van der Waals surface area contributed by atoms with Gasteiger partial charge in [0.05, 0.1) is 0 Å². The van der Waals surface area contributed by atoms with Crippen LogP contribution in [0, 0.1) is 0 Å². The summed E-state index contributed by atoms with van der Waals surface area (Å²) in [6.45, 7) is 0. The minimum absolute atomic E-state index is 0.904. The fourth-order valence-electron chi connectivity index (χ4n) is 6.02. The van der Waals surface area contributed by atoms with Gasteiger partial charge in [-0.25, -0.2) is 0 Å². The van der Waals surface area contributed by atoms with Crippen molar-refractivity contribution < 1.29 is 4.42 Å². The Labute approximate surface area is 256 Å². The molecule has 0 saturated heterocycles. The van der Waals surface area contributed by atoms with Gasteiger partial charge in [0.15, 0.2) is 0 Å². The number of furan rings is 1. The van der Waals surface area contributed by atoms with Gasteiger partial charge in [-0.15, -0.1) is 0 Å². The predicted octanol–water partition coefficient (Wildman–Crippen LogP) is 12.0. The fraction of sp³-hybridized carbons (Fsp3) is 0. The first kappa shape index (κ1) is 25.8. The fourth-order valence-corrected chi connectivity index (χ4v) is 6.02. The molecule has 0 spiro atoms. The highest BCUT2D eigenvalue weighted by Gasteiger charge is 2.13. The second kappa shape index (κ2) is 11.1. The normalized spacial score (nSPS) is 11.2. The number of rotatable bonds is 6. The van der Waals surface area contributed by atoms with Gasteiger partial charge in [-0.05, 0) is 87.0 Å². The van der Waals surface area contributed by atoms with Gasteiger partial charge in [-0.3, -0.25) is 0 Å². The summed E-state index contributed by atoms with van der Waals surface area (Å²) in [5.41, 5.74) is 13.4. The Morgan fingerprint density at radius 2 is 0.841 bits per heavy atom. The second-order valence-electron chi connectivity index (χ2n) is 11.1. The standard InChI is InChI=1S/C42H29NO/c1-3-9-29(10-4-1)31-15-17-33(18-16-31)39-28-36(43-35-22-19-32(20-23-35)30-11-5-2-6-12-30)24-25-37(39)34-21-26-42-40(27-34)38-13-7-8-14-41(38)44-42/h1-28,43H. The van der Waals surface area contributed by atoms with Crippen LogP contribution in [-0.2, 0) is 0 Å². The SMILES string of the molecule is c1ccc(-c2ccc(Nc3ccc(-c4ccc5oc6ccccc6c5c4)c(-c4ccc(-c5ccccc5)cc4)c3)cc2)cc1. The molecule has 0 aliphatic rings. The van der Waals surface area contributed by atoms with Crippen molar-refractivity contribution in [3.05, 3.63) is 170 Å². The van der Waals surface area contributed by atoms with E-state index in [0.29, 0.717) is 0 Å². The minimum atomic E-state index is 0.904. The van der Waals surface area contributed by atoms with Crippen molar-refractivity contribution >= 4 is 33.3 Å². The molecule has 0 aliphatic heterocycles. The Balaban J connectivity index is 1.20. The van der Waals surface area contributed by atoms with Crippen molar-refractivity contribution in [3.8, 4) is 44.5 Å². The van der Waals surface area contributed by atoms with Gasteiger partial charge in [0.2, 0.25) is 0 Å². The van der Waals surface area contributed by atoms with Gasteiger partial charge in [0.25, 0.3) is 0 Å². The van der Waals surface area contributed by atoms with Crippen LogP contribution in [0.15, 0.2) is 174 Å². The average molecular weight is 564 g/mol. The van der Waals surface area contributed by atoms with Gasteiger partial charge < -0.3 is 9.73 Å². The van der Waals surface area contributed by atoms with E-state index in [1.54, 1.807) is 0 Å². The number of anilines is 2. The molecule has 8 aromatic rings. The van der Waals surface area contributed by atoms with E-state index in [1.807, 2.05) is 18.2 Å². The van der Waals surface area contributed by atoms with Crippen molar-refractivity contribution in [2.45, 2.75) is 0 Å². The van der Waals surface area contributed by atoms with Crippen LogP contribution in [0.25, 0.3) is 66.4 Å². The summed E-state index contributed by atoms with van der Waals surface area (Å²) in [5, 5.41) is 5.91. The Morgan fingerprint density at radius 1 is 0.318 bits per heavy atom. The van der Waals surface area contributed by atoms with E-state index in [9.17, 15) is 0 Å². The zero-order valence-electron chi connectivity index (χ0n) is 24.1. The monoisotopic (exact) mass is 563 g/mol. The number of nitrogens with one attached hydrogen (secondary N) is 1. The minimum Gasteiger partial charge on any atom is -0.456 e. The van der Waals surface area contributed by atoms with Crippen molar-refractivity contribution in [1.29, 1.82) is 0 Å². The zero-order valence-corrected chi connectivity index (χ0v) is 24.1. The largest absolute Gasteiger partial charge is 0.456 e. The lowest BCUT2D eigenvalue weighted by atomic mass is 9.92. The first-order valence-electron chi connectivity index (χ1n) is 14.9. The van der Waals surface area contributed by atoms with E-state index in [4.69, 9.17) is 4.42 Å². The molecule has 0 unspecified atom stereocenters. The molecular weight excluding hydrogens is 534 g/mol. The van der Waals surface area contributed by atoms with Crippen LogP contribution in [-0.4, -0.2) is 0 Å². The molecular formula is C42H29NO. The lowest BCUT2D eigenvalue weighted by Crippen LogP contribution is -1.93. The number of hydrogen-bond donors (Lipinski definition) is 1. The van der Waals surface area contributed by atoms with Crippen molar-refractivity contribution in [2.24, 2.45) is 0 Å². The van der Waals surface area contributed by atoms with E-state index in [2.05, 4.69) is 157 Å². The van der Waals surface area contributed by atoms with E-state index < -0.39 is 0 Å². The number of benzene rings is 7. The third kappa shape index (κ3) is 4.93. The molecule has 208 valence electrons. The maximum atomic E-state index is 6.13. The van der Waals surface area contributed by atoms with Gasteiger partial charge >= 0.3 is 0 Å². The quantitative estimate of drug-likeness (QED) is 0.218. The summed E-state index contributed by atoms with van der Waals surface area (Å²) >= 11 is 0. The van der Waals surface area contributed by atoms with Crippen LogP contribution in [0.3, 0.4) is 0 Å². The third-order valence-electron chi connectivity index (χ3n) is 8.29. The van der Waals surface area contributed by atoms with Crippen LogP contribution in [0.4, 0.5) is 11.4 Å². The molecule has 1 N–H and O–H groups in total. The highest BCUT2D eigenvalue weighted by molar-refractivity contribution is 6.06. The summed E-state index contributed by atoms with van der Waals surface area (Å²) in [5.74, 6) is 0. The van der Waals surface area contributed by atoms with Crippen LogP contribution in [0.5, 0.6) is 0 Å². The van der Waals surface area contributed by atoms with E-state index in [0.717, 1.165) is 38.9 Å². The second-order valence-corrected chi connectivity index (χ2v) is 11.1. The molecule has 0 fully saturated rings. The molecule has 44 heavy (non-hydrogen) atoms. The van der Waals surface area contributed by atoms with E-state index in [1.165, 1.54) is 38.9 Å². The topological polar surface area (TPSA) is 25.2 Å². The van der Waals surface area contributed by atoms with Crippen LogP contribution >= 0.6 is 0 Å². The molecule has 1 aromatic heterocycles. The molecule has 0 saturated carbocycles. The summed E-state index contributed by atoms with van der Waals surface area (Å²) < 4.78 is 6.13. The van der Waals surface area contributed by atoms with Crippen molar-refractivity contribution in [1.82, 2.24) is 0 Å². The lowest BCUT2D eigenvalue weighted by Gasteiger charge is -2.15. The van der Waals surface area contributed by atoms with E-state index in [-0.39, 0.29) is 0 Å². The Morgan fingerprint density at radius 3 is 1.55 bits per heavy atom. The first-order valence-corrected chi connectivity index (χ1v) is 14.9. The number of hydrogen-bond acceptors (Lipinski definition) is 2. The molecule has 0 aliphatic carbocycles. The molecule has 0 amide bonds. The molecule has 0 atom stereocenters. The van der Waals surface area contributed by atoms with Crippen LogP contribution in [0.1, 0.15) is 0 Å². The summed E-state index contributed by atoms with van der Waals surface area (Å²) in [4.78, 5) is 0. The van der Waals surface area contributed by atoms with Gasteiger partial charge in [-0.2, -0.15) is 0 Å². The molecule has 0 radical (unpaired) electrons. The highest BCUT2D eigenvalue weighted by Crippen LogP contribution is 2.39. The van der Waals surface area contributed by atoms with E-state index >= 15 is 0 Å². The number of fused-ring (bicyclic) bond motifs is 3. The predicted molar refractivity (Wildman–Crippen MR) is 185 cm³/mol. The third-order valence-corrected chi connectivity index (χ3v) is 8.29. The number of para-hydroxylation sites is 1. The molecule has 7 aromatic carbocycles. The van der Waals surface area contributed by atoms with Gasteiger partial charge in [0, 0.05) is 22.1 Å². The van der Waals surface area contributed by atoms with Crippen molar-refractivity contribution in [2.75, 3.05) is 5.32 Å². The molecule has 1 heterocycles. The Kier molecular flexibility index (Phi) is 6.51. The zero-order chi connectivity index (χ0) is 29.3. The summed E-state index contributed by atoms with van der Waals surface area (Å²) in [7, 11) is 0. The Bertz CT molecular complexity index is 2210. The molecule has 8 rings (SSSR count). The summed E-state index contributed by atoms with van der Waals surface area (Å²) in [6, 6.07) is 59.9. The molecule has 2 nitrogen and oxygen atoms in total. The highest BCUT2D eigenvalue weighted by atomic mass is 16.3. The van der Waals surface area contributed by atoms with Gasteiger partial charge in [-0.1, -0.05) is 127 Å². The van der Waals surface area contributed by atoms with Crippen molar-refractivity contribution in [3.63, 3.8) is 0 Å². The maximum absolute atomic E-state index is 6.13. The first-order chi connectivity index (χ1) is 21.8. The molecule has 0 bridgehead atoms. The van der Waals surface area contributed by atoms with Crippen LogP contribution < -0.4 is 5.32 Å².